The molecule has 0 saturated heterocycles. The number of nitrogens with one attached hydrogen (secondary N) is 1. The largest absolute Gasteiger partial charge is 0.480 e. The molecule has 0 bridgehead atoms. The summed E-state index contributed by atoms with van der Waals surface area (Å²) < 4.78 is 0. The second-order valence-corrected chi connectivity index (χ2v) is 3.77. The van der Waals surface area contributed by atoms with Crippen LogP contribution in [0.25, 0.3) is 0 Å². The van der Waals surface area contributed by atoms with Gasteiger partial charge in [0, 0.05) is 5.02 Å². The number of hydrogen-bond donors (Lipinski definition) is 2. The van der Waals surface area contributed by atoms with E-state index in [9.17, 15) is 4.79 Å². The molecule has 0 saturated carbocycles. The molecule has 4 heteroatoms. The first-order valence-electron chi connectivity index (χ1n) is 4.78. The topological polar surface area (TPSA) is 49.3 Å². The van der Waals surface area contributed by atoms with E-state index in [1.54, 1.807) is 18.2 Å². The van der Waals surface area contributed by atoms with Crippen molar-refractivity contribution >= 4 is 17.6 Å². The first-order chi connectivity index (χ1) is 7.06. The van der Waals surface area contributed by atoms with Gasteiger partial charge in [-0.1, -0.05) is 24.6 Å². The molecule has 3 nitrogen and oxygen atoms in total. The predicted octanol–water partition coefficient (Wildman–Crippen LogP) is 2.38. The lowest BCUT2D eigenvalue weighted by Crippen LogP contribution is -2.28. The molecule has 15 heavy (non-hydrogen) atoms. The van der Waals surface area contributed by atoms with Gasteiger partial charge in [0.15, 0.2) is 0 Å². The number of aryl methyl sites for hydroxylation is 1. The maximum Gasteiger partial charge on any atom is 0.325 e. The Morgan fingerprint density at radius 2 is 2.27 bits per heavy atom. The van der Waals surface area contributed by atoms with Gasteiger partial charge in [0.1, 0.15) is 6.04 Å². The Hall–Kier alpha value is -1.06. The minimum absolute atomic E-state index is 0.610. The van der Waals surface area contributed by atoms with E-state index in [4.69, 9.17) is 16.7 Å². The van der Waals surface area contributed by atoms with Gasteiger partial charge >= 0.3 is 5.97 Å². The summed E-state index contributed by atoms with van der Waals surface area (Å²) in [6.45, 7) is 4.34. The molecule has 0 aliphatic carbocycles. The zero-order chi connectivity index (χ0) is 11.4. The van der Waals surface area contributed by atoms with Crippen LogP contribution in [0.15, 0.2) is 18.2 Å². The van der Waals surface area contributed by atoms with E-state index in [2.05, 4.69) is 5.32 Å². The maximum absolute atomic E-state index is 11.0. The predicted molar refractivity (Wildman–Crippen MR) is 60.2 cm³/mol. The highest BCUT2D eigenvalue weighted by Gasteiger charge is 2.19. The number of benzene rings is 1. The maximum atomic E-state index is 11.0. The average Bonchev–Trinajstić information content (AvgIpc) is 2.15. The number of hydrogen-bond acceptors (Lipinski definition) is 2. The lowest BCUT2D eigenvalue weighted by molar-refractivity contribution is -0.139. The highest BCUT2D eigenvalue weighted by molar-refractivity contribution is 6.30. The van der Waals surface area contributed by atoms with Crippen molar-refractivity contribution in [3.63, 3.8) is 0 Å². The number of aliphatic carboxylic acids is 1. The lowest BCUT2D eigenvalue weighted by Gasteiger charge is -2.15. The summed E-state index contributed by atoms with van der Waals surface area (Å²) >= 11 is 5.81. The van der Waals surface area contributed by atoms with Gasteiger partial charge in [-0.2, -0.15) is 0 Å². The third-order valence-corrected chi connectivity index (χ3v) is 2.43. The highest BCUT2D eigenvalue weighted by Crippen LogP contribution is 2.21. The third kappa shape index (κ3) is 2.94. The molecule has 1 aromatic rings. The van der Waals surface area contributed by atoms with E-state index in [0.717, 1.165) is 11.1 Å². The zero-order valence-electron chi connectivity index (χ0n) is 8.75. The zero-order valence-corrected chi connectivity index (χ0v) is 9.51. The van der Waals surface area contributed by atoms with Crippen LogP contribution in [0.3, 0.4) is 0 Å². The Balaban J connectivity index is 3.05. The molecular formula is C11H14ClNO2. The minimum Gasteiger partial charge on any atom is -0.480 e. The Bertz CT molecular complexity index is 366. The standard InChI is InChI=1S/C11H14ClNO2/c1-3-13-10(11(14)15)9-5-4-8(12)6-7(9)2/h4-6,10,13H,3H2,1-2H3,(H,14,15). The van der Waals surface area contributed by atoms with Crippen molar-refractivity contribution in [1.82, 2.24) is 5.32 Å². The Morgan fingerprint density at radius 3 is 2.73 bits per heavy atom. The first kappa shape index (κ1) is 12.0. The van der Waals surface area contributed by atoms with Crippen molar-refractivity contribution in [2.75, 3.05) is 6.54 Å². The van der Waals surface area contributed by atoms with Crippen LogP contribution in [0.2, 0.25) is 5.02 Å². The molecule has 0 fully saturated rings. The fourth-order valence-electron chi connectivity index (χ4n) is 1.50. The second kappa shape index (κ2) is 5.14. The number of rotatable bonds is 4. The van der Waals surface area contributed by atoms with Crippen LogP contribution in [-0.4, -0.2) is 17.6 Å². The molecule has 0 aromatic heterocycles. The fraction of sp³-hybridized carbons (Fsp3) is 0.364. The summed E-state index contributed by atoms with van der Waals surface area (Å²) in [5.41, 5.74) is 1.64. The molecule has 1 rings (SSSR count). The lowest BCUT2D eigenvalue weighted by atomic mass is 10.0. The monoisotopic (exact) mass is 227 g/mol. The van der Waals surface area contributed by atoms with E-state index in [1.807, 2.05) is 13.8 Å². The SMILES string of the molecule is CCNC(C(=O)O)c1ccc(Cl)cc1C. The van der Waals surface area contributed by atoms with E-state index in [-0.39, 0.29) is 0 Å². The first-order valence-corrected chi connectivity index (χ1v) is 5.16. The Morgan fingerprint density at radius 1 is 1.60 bits per heavy atom. The van der Waals surface area contributed by atoms with Crippen LogP contribution in [0, 0.1) is 6.92 Å². The van der Waals surface area contributed by atoms with Crippen molar-refractivity contribution in [1.29, 1.82) is 0 Å². The summed E-state index contributed by atoms with van der Waals surface area (Å²) in [7, 11) is 0. The van der Waals surface area contributed by atoms with Crippen molar-refractivity contribution < 1.29 is 9.90 Å². The van der Waals surface area contributed by atoms with Crippen LogP contribution in [-0.2, 0) is 4.79 Å². The van der Waals surface area contributed by atoms with Crippen LogP contribution in [0.4, 0.5) is 0 Å². The molecule has 0 heterocycles. The molecule has 0 amide bonds. The molecular weight excluding hydrogens is 214 g/mol. The Kier molecular flexibility index (Phi) is 4.12. The molecule has 0 radical (unpaired) electrons. The van der Waals surface area contributed by atoms with Crippen LogP contribution < -0.4 is 5.32 Å². The van der Waals surface area contributed by atoms with Gasteiger partial charge in [0.25, 0.3) is 0 Å². The van der Waals surface area contributed by atoms with E-state index in [0.29, 0.717) is 11.6 Å². The molecule has 1 atom stereocenters. The number of carbonyl (C=O) groups is 1. The highest BCUT2D eigenvalue weighted by atomic mass is 35.5. The van der Waals surface area contributed by atoms with Gasteiger partial charge in [-0.15, -0.1) is 0 Å². The normalized spacial score (nSPS) is 12.5. The van der Waals surface area contributed by atoms with Gasteiger partial charge in [-0.25, -0.2) is 0 Å². The molecule has 0 aliphatic heterocycles. The van der Waals surface area contributed by atoms with Gasteiger partial charge in [0.2, 0.25) is 0 Å². The molecule has 82 valence electrons. The molecule has 0 spiro atoms. The van der Waals surface area contributed by atoms with Crippen LogP contribution in [0.5, 0.6) is 0 Å². The number of halogens is 1. The van der Waals surface area contributed by atoms with Gasteiger partial charge in [0.05, 0.1) is 0 Å². The summed E-state index contributed by atoms with van der Waals surface area (Å²) in [5.74, 6) is -0.873. The van der Waals surface area contributed by atoms with Crippen LogP contribution >= 0.6 is 11.6 Å². The van der Waals surface area contributed by atoms with Crippen molar-refractivity contribution in [2.24, 2.45) is 0 Å². The van der Waals surface area contributed by atoms with Crippen molar-refractivity contribution in [2.45, 2.75) is 19.9 Å². The minimum atomic E-state index is -0.873. The number of carboxylic acid groups (broad SMARTS) is 1. The van der Waals surface area contributed by atoms with Gasteiger partial charge < -0.3 is 10.4 Å². The summed E-state index contributed by atoms with van der Waals surface area (Å²) in [4.78, 5) is 11.0. The van der Waals surface area contributed by atoms with Gasteiger partial charge in [-0.3, -0.25) is 4.79 Å². The average molecular weight is 228 g/mol. The number of likely N-dealkylation sites (N-methyl/N-ethyl adjacent to an activating group) is 1. The molecule has 2 N–H and O–H groups in total. The smallest absolute Gasteiger partial charge is 0.325 e. The van der Waals surface area contributed by atoms with Crippen molar-refractivity contribution in [3.05, 3.63) is 34.3 Å². The fourth-order valence-corrected chi connectivity index (χ4v) is 1.72. The molecule has 1 aromatic carbocycles. The quantitative estimate of drug-likeness (QED) is 0.831. The van der Waals surface area contributed by atoms with E-state index >= 15 is 0 Å². The van der Waals surface area contributed by atoms with Gasteiger partial charge in [-0.05, 0) is 36.7 Å². The Labute approximate surface area is 94.1 Å². The third-order valence-electron chi connectivity index (χ3n) is 2.20. The number of carboxylic acids is 1. The second-order valence-electron chi connectivity index (χ2n) is 3.33. The van der Waals surface area contributed by atoms with E-state index < -0.39 is 12.0 Å². The summed E-state index contributed by atoms with van der Waals surface area (Å²) in [6.07, 6.45) is 0. The molecule has 0 aliphatic rings. The van der Waals surface area contributed by atoms with Crippen LogP contribution in [0.1, 0.15) is 24.1 Å². The van der Waals surface area contributed by atoms with E-state index in [1.165, 1.54) is 0 Å². The summed E-state index contributed by atoms with van der Waals surface area (Å²) in [6, 6.07) is 4.56. The van der Waals surface area contributed by atoms with Crippen molar-refractivity contribution in [3.8, 4) is 0 Å². The summed E-state index contributed by atoms with van der Waals surface area (Å²) in [5, 5.41) is 12.6. The molecule has 1 unspecified atom stereocenters.